The van der Waals surface area contributed by atoms with Crippen molar-refractivity contribution in [3.8, 4) is 6.07 Å². The molecule has 1 heterocycles. The van der Waals surface area contributed by atoms with Gasteiger partial charge in [0.15, 0.2) is 0 Å². The van der Waals surface area contributed by atoms with Crippen LogP contribution in [-0.4, -0.2) is 36.2 Å². The Morgan fingerprint density at radius 1 is 1.25 bits per heavy atom. The maximum absolute atomic E-state index is 13.2. The monoisotopic (exact) mass is 376 g/mol. The number of aliphatic imine (C=N–C) groups is 1. The van der Waals surface area contributed by atoms with Crippen LogP contribution in [0.5, 0.6) is 0 Å². The quantitative estimate of drug-likeness (QED) is 0.465. The van der Waals surface area contributed by atoms with Gasteiger partial charge >= 0.3 is 0 Å². The van der Waals surface area contributed by atoms with Crippen molar-refractivity contribution in [2.24, 2.45) is 4.99 Å². The average Bonchev–Trinajstić information content (AvgIpc) is 3.36. The van der Waals surface area contributed by atoms with Gasteiger partial charge in [-0.15, -0.1) is 0 Å². The van der Waals surface area contributed by atoms with Gasteiger partial charge in [0.05, 0.1) is 11.6 Å². The topological polar surface area (TPSA) is 68.5 Å². The number of hydrogen-bond donors (Lipinski definition) is 1. The number of amides is 1. The molecule has 1 aromatic carbocycles. The van der Waals surface area contributed by atoms with Gasteiger partial charge in [-0.25, -0.2) is 4.99 Å². The number of nitrogens with one attached hydrogen (secondary N) is 1. The Balaban J connectivity index is 1.73. The van der Waals surface area contributed by atoms with Crippen molar-refractivity contribution in [3.05, 3.63) is 57.9 Å². The van der Waals surface area contributed by atoms with Gasteiger partial charge in [0.25, 0.3) is 5.91 Å². The van der Waals surface area contributed by atoms with E-state index in [-0.39, 0.29) is 11.4 Å². The van der Waals surface area contributed by atoms with E-state index < -0.39 is 0 Å². The van der Waals surface area contributed by atoms with Gasteiger partial charge in [-0.3, -0.25) is 4.79 Å². The summed E-state index contributed by atoms with van der Waals surface area (Å²) < 4.78 is 0. The first-order valence-electron chi connectivity index (χ1n) is 9.71. The zero-order valence-corrected chi connectivity index (χ0v) is 17.2. The van der Waals surface area contributed by atoms with E-state index in [9.17, 15) is 4.79 Å². The summed E-state index contributed by atoms with van der Waals surface area (Å²) in [7, 11) is 0. The van der Waals surface area contributed by atoms with Gasteiger partial charge in [-0.2, -0.15) is 5.26 Å². The fourth-order valence-electron chi connectivity index (χ4n) is 3.56. The van der Waals surface area contributed by atoms with Crippen LogP contribution in [0.2, 0.25) is 0 Å². The number of hydrogen-bond acceptors (Lipinski definition) is 4. The van der Waals surface area contributed by atoms with Gasteiger partial charge in [-0.05, 0) is 65.0 Å². The third-order valence-electron chi connectivity index (χ3n) is 5.70. The van der Waals surface area contributed by atoms with Crippen LogP contribution in [0.15, 0.2) is 51.8 Å². The van der Waals surface area contributed by atoms with Crippen molar-refractivity contribution in [1.82, 2.24) is 10.2 Å². The van der Waals surface area contributed by atoms with Crippen LogP contribution in [-0.2, 0) is 4.79 Å². The van der Waals surface area contributed by atoms with Crippen LogP contribution < -0.4 is 5.32 Å². The molecule has 0 spiro atoms. The highest BCUT2D eigenvalue weighted by Gasteiger charge is 2.39. The molecule has 3 rings (SSSR count). The van der Waals surface area contributed by atoms with Crippen molar-refractivity contribution >= 4 is 12.6 Å². The number of allylic oxidation sites excluding steroid dienone is 1. The number of carbonyl (C=O) groups is 1. The summed E-state index contributed by atoms with van der Waals surface area (Å²) in [6.45, 7) is 13.1. The molecule has 1 amide bonds. The molecule has 0 bridgehead atoms. The first-order valence-corrected chi connectivity index (χ1v) is 9.71. The highest BCUT2D eigenvalue weighted by Crippen LogP contribution is 2.37. The molecule has 1 aromatic rings. The maximum atomic E-state index is 13.2. The van der Waals surface area contributed by atoms with Crippen molar-refractivity contribution in [2.45, 2.75) is 52.0 Å². The fourth-order valence-corrected chi connectivity index (χ4v) is 3.56. The zero-order valence-electron chi connectivity index (χ0n) is 17.2. The lowest BCUT2D eigenvalue weighted by molar-refractivity contribution is -0.131. The third kappa shape index (κ3) is 4.01. The lowest BCUT2D eigenvalue weighted by Crippen LogP contribution is -2.49. The van der Waals surface area contributed by atoms with Crippen LogP contribution in [0.4, 0.5) is 0 Å². The number of nitriles is 1. The summed E-state index contributed by atoms with van der Waals surface area (Å²) in [4.78, 5) is 19.2. The predicted octanol–water partition coefficient (Wildman–Crippen LogP) is 3.89. The molecule has 5 nitrogen and oxygen atoms in total. The molecule has 0 aromatic heterocycles. The zero-order chi connectivity index (χ0) is 20.5. The summed E-state index contributed by atoms with van der Waals surface area (Å²) in [6.07, 6.45) is 2.21. The summed E-state index contributed by atoms with van der Waals surface area (Å²) in [5.41, 5.74) is 4.46. The van der Waals surface area contributed by atoms with Crippen LogP contribution >= 0.6 is 0 Å². The van der Waals surface area contributed by atoms with E-state index in [1.54, 1.807) is 0 Å². The van der Waals surface area contributed by atoms with Crippen molar-refractivity contribution in [1.29, 1.82) is 5.26 Å². The van der Waals surface area contributed by atoms with Crippen molar-refractivity contribution in [3.63, 3.8) is 0 Å². The fraction of sp³-hybridized carbons (Fsp3) is 0.435. The van der Waals surface area contributed by atoms with E-state index in [1.807, 2.05) is 49.9 Å². The van der Waals surface area contributed by atoms with Crippen LogP contribution in [0, 0.1) is 11.3 Å². The highest BCUT2D eigenvalue weighted by molar-refractivity contribution is 5.99. The van der Waals surface area contributed by atoms with Gasteiger partial charge in [0.1, 0.15) is 5.82 Å². The molecule has 2 aliphatic rings. The van der Waals surface area contributed by atoms with E-state index in [4.69, 9.17) is 5.26 Å². The molecule has 0 atom stereocenters. The Labute approximate surface area is 167 Å². The van der Waals surface area contributed by atoms with Gasteiger partial charge in [-0.1, -0.05) is 17.7 Å². The molecule has 1 N–H and O–H groups in total. The van der Waals surface area contributed by atoms with Crippen LogP contribution in [0.3, 0.4) is 0 Å². The van der Waals surface area contributed by atoms with Crippen molar-refractivity contribution < 1.29 is 4.79 Å². The van der Waals surface area contributed by atoms with E-state index in [0.29, 0.717) is 30.4 Å². The minimum atomic E-state index is 0.0475. The minimum Gasteiger partial charge on any atom is -0.365 e. The Bertz CT molecular complexity index is 888. The first kappa shape index (κ1) is 19.9. The summed E-state index contributed by atoms with van der Waals surface area (Å²) >= 11 is 0. The second-order valence-electron chi connectivity index (χ2n) is 8.33. The predicted molar refractivity (Wildman–Crippen MR) is 112 cm³/mol. The van der Waals surface area contributed by atoms with Crippen LogP contribution in [0.1, 0.15) is 57.6 Å². The Kier molecular flexibility index (Phi) is 5.42. The van der Waals surface area contributed by atoms with E-state index in [2.05, 4.69) is 30.0 Å². The number of rotatable bonds is 6. The van der Waals surface area contributed by atoms with Gasteiger partial charge < -0.3 is 10.2 Å². The standard InChI is InChI=1S/C23H28N4O/c1-15(2)20(16(3)21(25-5)26-23(4)10-11-23)22(28)27-13-19(14-27)18-8-6-17(12-24)7-9-18/h6-9,19,26H,5,10-11,13-14H2,1-4H3/b21-16-. The largest absolute Gasteiger partial charge is 0.365 e. The number of carbonyl (C=O) groups excluding carboxylic acids is 1. The molecule has 1 aliphatic heterocycles. The third-order valence-corrected chi connectivity index (χ3v) is 5.70. The highest BCUT2D eigenvalue weighted by atomic mass is 16.2. The Morgan fingerprint density at radius 3 is 2.32 bits per heavy atom. The first-order chi connectivity index (χ1) is 13.3. The molecule has 1 saturated carbocycles. The average molecular weight is 377 g/mol. The normalized spacial score (nSPS) is 18.3. The smallest absolute Gasteiger partial charge is 0.254 e. The minimum absolute atomic E-state index is 0.0475. The lowest BCUT2D eigenvalue weighted by Gasteiger charge is -2.40. The second-order valence-corrected chi connectivity index (χ2v) is 8.33. The van der Waals surface area contributed by atoms with Gasteiger partial charge in [0, 0.05) is 35.7 Å². The Morgan fingerprint density at radius 2 is 1.86 bits per heavy atom. The molecule has 146 valence electrons. The summed E-state index contributed by atoms with van der Waals surface area (Å²) in [5.74, 6) is 1.07. The second kappa shape index (κ2) is 7.63. The van der Waals surface area contributed by atoms with Gasteiger partial charge in [0.2, 0.25) is 0 Å². The van der Waals surface area contributed by atoms with Crippen molar-refractivity contribution in [2.75, 3.05) is 13.1 Å². The molecule has 28 heavy (non-hydrogen) atoms. The molecule has 0 unspecified atom stereocenters. The maximum Gasteiger partial charge on any atom is 0.254 e. The Hall–Kier alpha value is -2.87. The van der Waals surface area contributed by atoms with E-state index in [0.717, 1.165) is 29.6 Å². The molecule has 0 radical (unpaired) electrons. The SMILES string of the molecule is C=N/C(NC1(C)CC1)=C(\C)C(C(=O)N1CC(c2ccc(C#N)cc2)C1)=C(C)C. The molecular weight excluding hydrogens is 348 g/mol. The molecular formula is C23H28N4O. The van der Waals surface area contributed by atoms with E-state index in [1.165, 1.54) is 5.56 Å². The summed E-state index contributed by atoms with van der Waals surface area (Å²) in [5, 5.41) is 12.4. The number of likely N-dealkylation sites (tertiary alicyclic amines) is 1. The molecule has 1 aliphatic carbocycles. The number of nitrogens with zero attached hydrogens (tertiary/aromatic N) is 3. The number of benzene rings is 1. The van der Waals surface area contributed by atoms with Crippen LogP contribution in [0.25, 0.3) is 0 Å². The molecule has 5 heteroatoms. The summed E-state index contributed by atoms with van der Waals surface area (Å²) in [6, 6.07) is 9.77. The lowest BCUT2D eigenvalue weighted by atomic mass is 9.89. The van der Waals surface area contributed by atoms with E-state index >= 15 is 0 Å². The molecule has 1 saturated heterocycles. The molecule has 2 fully saturated rings.